The second-order valence-corrected chi connectivity index (χ2v) is 8.26. The third-order valence-electron chi connectivity index (χ3n) is 4.71. The Morgan fingerprint density at radius 1 is 1.37 bits per heavy atom. The van der Waals surface area contributed by atoms with Crippen LogP contribution in [-0.2, 0) is 16.6 Å². The predicted octanol–water partition coefficient (Wildman–Crippen LogP) is 3.28. The van der Waals surface area contributed by atoms with Crippen LogP contribution in [0.3, 0.4) is 0 Å². The summed E-state index contributed by atoms with van der Waals surface area (Å²) >= 11 is 6.47. The van der Waals surface area contributed by atoms with Crippen molar-refractivity contribution in [3.63, 3.8) is 0 Å². The molecule has 1 aliphatic heterocycles. The Hall–Kier alpha value is -2.89. The van der Waals surface area contributed by atoms with E-state index >= 15 is 0 Å². The van der Waals surface area contributed by atoms with Crippen LogP contribution >= 0.6 is 23.6 Å². The van der Waals surface area contributed by atoms with E-state index in [0.717, 1.165) is 17.0 Å². The van der Waals surface area contributed by atoms with Crippen LogP contribution in [0, 0.1) is 11.7 Å². The molecule has 0 bridgehead atoms. The van der Waals surface area contributed by atoms with E-state index in [0.29, 0.717) is 40.0 Å². The lowest BCUT2D eigenvalue weighted by atomic mass is 10.1. The van der Waals surface area contributed by atoms with Gasteiger partial charge in [0.1, 0.15) is 6.10 Å². The first-order valence-corrected chi connectivity index (χ1v) is 10.6. The molecule has 11 heteroatoms. The fourth-order valence-corrected chi connectivity index (χ4v) is 4.24. The van der Waals surface area contributed by atoms with Crippen molar-refractivity contribution in [1.82, 2.24) is 19.7 Å². The lowest BCUT2D eigenvalue weighted by molar-refractivity contribution is -0.124. The van der Waals surface area contributed by atoms with Gasteiger partial charge in [-0.3, -0.25) is 20.0 Å². The maximum absolute atomic E-state index is 12.7. The van der Waals surface area contributed by atoms with Crippen LogP contribution in [-0.4, -0.2) is 44.3 Å². The summed E-state index contributed by atoms with van der Waals surface area (Å²) in [7, 11) is 1.81. The number of thiazole rings is 1. The van der Waals surface area contributed by atoms with E-state index in [1.807, 2.05) is 14.0 Å². The van der Waals surface area contributed by atoms with Gasteiger partial charge in [-0.15, -0.1) is 0 Å². The maximum atomic E-state index is 12.7. The molecule has 2 amide bonds. The van der Waals surface area contributed by atoms with Gasteiger partial charge in [-0.2, -0.15) is 5.10 Å². The second-order valence-electron chi connectivity index (χ2n) is 6.87. The lowest BCUT2D eigenvalue weighted by Gasteiger charge is -2.11. The Morgan fingerprint density at radius 2 is 2.20 bits per heavy atom. The Bertz CT molecular complexity index is 1160. The van der Waals surface area contributed by atoms with Gasteiger partial charge in [-0.1, -0.05) is 17.4 Å². The summed E-state index contributed by atoms with van der Waals surface area (Å²) in [6.45, 7) is 2.44. The van der Waals surface area contributed by atoms with Crippen molar-refractivity contribution in [2.24, 2.45) is 7.05 Å². The normalized spacial score (nSPS) is 15.9. The average Bonchev–Trinajstić information content (AvgIpc) is 3.45. The molecule has 1 aliphatic rings. The van der Waals surface area contributed by atoms with Crippen LogP contribution in [0.5, 0.6) is 0 Å². The summed E-state index contributed by atoms with van der Waals surface area (Å²) in [6.07, 6.45) is 1.15. The standard InChI is InChI=1S/C19H20N6O3S2/c1-10-14(15-23-24-19(29)25(15)2)30-18(20-10)22-16(26)11-5-3-6-12(9-11)21-17(27)13-7-4-8-28-13/h3,5-6,9,13H,4,7-8H2,1-2H3,(H,21,27)(H,24,29)(H,20,22,26). The molecule has 2 aromatic heterocycles. The number of hydrogen-bond donors (Lipinski definition) is 3. The van der Waals surface area contributed by atoms with Crippen LogP contribution in [0.1, 0.15) is 28.9 Å². The molecule has 3 heterocycles. The molecule has 0 saturated carbocycles. The quantitative estimate of drug-likeness (QED) is 0.521. The smallest absolute Gasteiger partial charge is 0.257 e. The molecule has 1 saturated heterocycles. The first kappa shape index (κ1) is 20.4. The third kappa shape index (κ3) is 4.18. The zero-order valence-corrected chi connectivity index (χ0v) is 18.0. The number of nitrogens with zero attached hydrogens (tertiary/aromatic N) is 3. The zero-order valence-electron chi connectivity index (χ0n) is 16.4. The molecule has 3 N–H and O–H groups in total. The minimum Gasteiger partial charge on any atom is -0.368 e. The number of hydrogen-bond acceptors (Lipinski definition) is 7. The maximum Gasteiger partial charge on any atom is 0.257 e. The van der Waals surface area contributed by atoms with E-state index < -0.39 is 6.10 Å². The highest BCUT2D eigenvalue weighted by Gasteiger charge is 2.24. The molecule has 30 heavy (non-hydrogen) atoms. The zero-order chi connectivity index (χ0) is 21.3. The molecule has 156 valence electrons. The summed E-state index contributed by atoms with van der Waals surface area (Å²) in [5, 5.41) is 13.0. The van der Waals surface area contributed by atoms with Gasteiger partial charge in [0, 0.05) is 24.9 Å². The number of nitrogens with one attached hydrogen (secondary N) is 3. The van der Waals surface area contributed by atoms with Gasteiger partial charge in [0.25, 0.3) is 11.8 Å². The summed E-state index contributed by atoms with van der Waals surface area (Å²) in [5.41, 5.74) is 1.69. The fraction of sp³-hybridized carbons (Fsp3) is 0.316. The Morgan fingerprint density at radius 3 is 2.90 bits per heavy atom. The van der Waals surface area contributed by atoms with Gasteiger partial charge < -0.3 is 14.6 Å². The minimum absolute atomic E-state index is 0.196. The first-order chi connectivity index (χ1) is 14.4. The molecular formula is C19H20N6O3S2. The molecule has 1 unspecified atom stereocenters. The monoisotopic (exact) mass is 444 g/mol. The number of benzene rings is 1. The summed E-state index contributed by atoms with van der Waals surface area (Å²) < 4.78 is 7.65. The molecule has 0 spiro atoms. The van der Waals surface area contributed by atoms with Gasteiger partial charge in [0.15, 0.2) is 15.7 Å². The highest BCUT2D eigenvalue weighted by Crippen LogP contribution is 2.31. The Balaban J connectivity index is 1.48. The fourth-order valence-electron chi connectivity index (χ4n) is 3.12. The number of aromatic amines is 1. The number of H-pyrrole nitrogens is 1. The molecule has 1 fully saturated rings. The Kier molecular flexibility index (Phi) is 5.75. The van der Waals surface area contributed by atoms with Crippen molar-refractivity contribution in [2.45, 2.75) is 25.9 Å². The number of rotatable bonds is 5. The number of ether oxygens (including phenoxy) is 1. The van der Waals surface area contributed by atoms with Crippen molar-refractivity contribution in [3.05, 3.63) is 40.3 Å². The van der Waals surface area contributed by atoms with Gasteiger partial charge in [-0.25, -0.2) is 4.98 Å². The average molecular weight is 445 g/mol. The van der Waals surface area contributed by atoms with Crippen LogP contribution in [0.15, 0.2) is 24.3 Å². The highest BCUT2D eigenvalue weighted by atomic mass is 32.1. The molecular weight excluding hydrogens is 424 g/mol. The summed E-state index contributed by atoms with van der Waals surface area (Å²) in [4.78, 5) is 30.2. The highest BCUT2D eigenvalue weighted by molar-refractivity contribution is 7.71. The molecule has 0 radical (unpaired) electrons. The second kappa shape index (κ2) is 8.46. The topological polar surface area (TPSA) is 114 Å². The van der Waals surface area contributed by atoms with Crippen molar-refractivity contribution < 1.29 is 14.3 Å². The Labute approximate surface area is 181 Å². The summed E-state index contributed by atoms with van der Waals surface area (Å²) in [6, 6.07) is 6.75. The van der Waals surface area contributed by atoms with E-state index in [-0.39, 0.29) is 11.8 Å². The number of amides is 2. The van der Waals surface area contributed by atoms with Crippen LogP contribution in [0.2, 0.25) is 0 Å². The lowest BCUT2D eigenvalue weighted by Crippen LogP contribution is -2.27. The molecule has 1 atom stereocenters. The van der Waals surface area contributed by atoms with Gasteiger partial charge in [0.05, 0.1) is 10.6 Å². The largest absolute Gasteiger partial charge is 0.368 e. The summed E-state index contributed by atoms with van der Waals surface area (Å²) in [5.74, 6) is 0.145. The van der Waals surface area contributed by atoms with Crippen molar-refractivity contribution >= 4 is 46.2 Å². The van der Waals surface area contributed by atoms with E-state index in [1.165, 1.54) is 11.3 Å². The molecule has 3 aromatic rings. The molecule has 9 nitrogen and oxygen atoms in total. The number of aromatic nitrogens is 4. The van der Waals surface area contributed by atoms with Crippen molar-refractivity contribution in [3.8, 4) is 10.7 Å². The SMILES string of the molecule is Cc1nc(NC(=O)c2cccc(NC(=O)C3CCCO3)c2)sc1-c1n[nH]c(=S)n1C. The molecule has 4 rings (SSSR count). The van der Waals surface area contributed by atoms with Gasteiger partial charge >= 0.3 is 0 Å². The van der Waals surface area contributed by atoms with Gasteiger partial charge in [0.2, 0.25) is 0 Å². The van der Waals surface area contributed by atoms with Crippen LogP contribution < -0.4 is 10.6 Å². The van der Waals surface area contributed by atoms with E-state index in [4.69, 9.17) is 17.0 Å². The first-order valence-electron chi connectivity index (χ1n) is 9.35. The van der Waals surface area contributed by atoms with Crippen LogP contribution in [0.4, 0.5) is 10.8 Å². The predicted molar refractivity (Wildman–Crippen MR) is 116 cm³/mol. The number of carbonyl (C=O) groups excluding carboxylic acids is 2. The van der Waals surface area contributed by atoms with Crippen molar-refractivity contribution in [2.75, 3.05) is 17.2 Å². The molecule has 1 aromatic carbocycles. The van der Waals surface area contributed by atoms with E-state index in [2.05, 4.69) is 25.8 Å². The van der Waals surface area contributed by atoms with Crippen LogP contribution in [0.25, 0.3) is 10.7 Å². The molecule has 0 aliphatic carbocycles. The number of aryl methyl sites for hydroxylation is 1. The number of carbonyl (C=O) groups is 2. The van der Waals surface area contributed by atoms with Gasteiger partial charge in [-0.05, 0) is 50.2 Å². The number of anilines is 2. The van der Waals surface area contributed by atoms with E-state index in [1.54, 1.807) is 28.8 Å². The third-order valence-corrected chi connectivity index (χ3v) is 6.15. The van der Waals surface area contributed by atoms with E-state index in [9.17, 15) is 9.59 Å². The minimum atomic E-state index is -0.432. The van der Waals surface area contributed by atoms with Crippen molar-refractivity contribution in [1.29, 1.82) is 0 Å².